The monoisotopic (exact) mass is 354 g/mol. The number of hydrazine groups is 1. The van der Waals surface area contributed by atoms with Crippen molar-refractivity contribution in [3.63, 3.8) is 0 Å². The molecule has 4 rings (SSSR count). The van der Waals surface area contributed by atoms with Crippen LogP contribution in [0.2, 0.25) is 0 Å². The number of fused-ring (bicyclic) bond motifs is 1. The van der Waals surface area contributed by atoms with E-state index in [-0.39, 0.29) is 23.4 Å². The minimum Gasteiger partial charge on any atom is -0.458 e. The van der Waals surface area contributed by atoms with Crippen molar-refractivity contribution in [2.45, 2.75) is 18.2 Å². The Morgan fingerprint density at radius 1 is 1.00 bits per heavy atom. The van der Waals surface area contributed by atoms with Crippen molar-refractivity contribution in [2.75, 3.05) is 0 Å². The lowest BCUT2D eigenvalue weighted by molar-refractivity contribution is 0.0340. The van der Waals surface area contributed by atoms with Crippen LogP contribution in [-0.4, -0.2) is 6.23 Å². The standard InChI is InChI=1S/C19H16F2N4O/c20-13-7-6-11(8-14(13)21)15-12(9-22)18(23)26-19-16(15)17(24-25-19)10-4-2-1-3-5-10/h1-8,15-17,19,24-25H,23H2. The van der Waals surface area contributed by atoms with Gasteiger partial charge >= 0.3 is 0 Å². The van der Waals surface area contributed by atoms with E-state index in [4.69, 9.17) is 10.5 Å². The number of rotatable bonds is 2. The predicted molar refractivity (Wildman–Crippen MR) is 89.7 cm³/mol. The van der Waals surface area contributed by atoms with Crippen LogP contribution in [-0.2, 0) is 4.74 Å². The second-order valence-corrected chi connectivity index (χ2v) is 6.33. The molecule has 1 fully saturated rings. The number of halogens is 2. The summed E-state index contributed by atoms with van der Waals surface area (Å²) >= 11 is 0. The van der Waals surface area contributed by atoms with Crippen LogP contribution in [0.1, 0.15) is 23.1 Å². The van der Waals surface area contributed by atoms with Crippen LogP contribution >= 0.6 is 0 Å². The van der Waals surface area contributed by atoms with E-state index in [0.717, 1.165) is 17.7 Å². The molecule has 2 aliphatic heterocycles. The second kappa shape index (κ2) is 6.41. The van der Waals surface area contributed by atoms with Crippen LogP contribution in [0.4, 0.5) is 8.78 Å². The summed E-state index contributed by atoms with van der Waals surface area (Å²) in [5.74, 6) is -2.72. The lowest BCUT2D eigenvalue weighted by atomic mass is 9.74. The third kappa shape index (κ3) is 2.60. The predicted octanol–water partition coefficient (Wildman–Crippen LogP) is 2.56. The Bertz CT molecular complexity index is 910. The first-order chi connectivity index (χ1) is 12.6. The normalized spacial score (nSPS) is 27.6. The summed E-state index contributed by atoms with van der Waals surface area (Å²) in [6, 6.07) is 15.2. The molecule has 2 aromatic rings. The maximum atomic E-state index is 13.9. The van der Waals surface area contributed by atoms with E-state index in [9.17, 15) is 14.0 Å². The number of ether oxygens (including phenoxy) is 1. The van der Waals surface area contributed by atoms with Gasteiger partial charge in [0.15, 0.2) is 17.9 Å². The number of nitrogens with zero attached hydrogens (tertiary/aromatic N) is 1. The van der Waals surface area contributed by atoms with Gasteiger partial charge in [-0.15, -0.1) is 0 Å². The summed E-state index contributed by atoms with van der Waals surface area (Å²) in [7, 11) is 0. The molecule has 0 amide bonds. The molecule has 4 N–H and O–H groups in total. The topological polar surface area (TPSA) is 83.1 Å². The van der Waals surface area contributed by atoms with Gasteiger partial charge in [0.25, 0.3) is 0 Å². The molecule has 0 aliphatic carbocycles. The SMILES string of the molecule is N#CC1=C(N)OC2NNC(c3ccccc3)C2C1c1ccc(F)c(F)c1. The third-order valence-corrected chi connectivity index (χ3v) is 4.91. The molecule has 0 aromatic heterocycles. The second-order valence-electron chi connectivity index (χ2n) is 6.33. The molecule has 0 bridgehead atoms. The minimum absolute atomic E-state index is 0.00788. The summed E-state index contributed by atoms with van der Waals surface area (Å²) in [6.45, 7) is 0. The Hall–Kier alpha value is -2.95. The molecule has 2 aliphatic rings. The first-order valence-corrected chi connectivity index (χ1v) is 8.17. The Balaban J connectivity index is 1.84. The summed E-state index contributed by atoms with van der Waals surface area (Å²) in [5, 5.41) is 9.62. The Labute approximate surface area is 149 Å². The molecule has 5 nitrogen and oxygen atoms in total. The van der Waals surface area contributed by atoms with Gasteiger partial charge in [0.05, 0.1) is 11.6 Å². The highest BCUT2D eigenvalue weighted by Crippen LogP contribution is 2.47. The molecule has 0 radical (unpaired) electrons. The van der Waals surface area contributed by atoms with Crippen LogP contribution in [0, 0.1) is 28.9 Å². The van der Waals surface area contributed by atoms with Crippen molar-refractivity contribution >= 4 is 0 Å². The van der Waals surface area contributed by atoms with Crippen LogP contribution in [0.5, 0.6) is 0 Å². The van der Waals surface area contributed by atoms with Crippen molar-refractivity contribution in [3.8, 4) is 6.07 Å². The highest BCUT2D eigenvalue weighted by molar-refractivity contribution is 5.42. The maximum absolute atomic E-state index is 13.9. The largest absolute Gasteiger partial charge is 0.458 e. The number of nitrogens with two attached hydrogens (primary N) is 1. The summed E-state index contributed by atoms with van der Waals surface area (Å²) in [5.41, 5.74) is 13.8. The molecule has 0 spiro atoms. The smallest absolute Gasteiger partial charge is 0.200 e. The zero-order valence-corrected chi connectivity index (χ0v) is 13.6. The molecule has 1 saturated heterocycles. The van der Waals surface area contributed by atoms with Crippen LogP contribution in [0.3, 0.4) is 0 Å². The van der Waals surface area contributed by atoms with Gasteiger partial charge in [0.1, 0.15) is 6.07 Å². The molecule has 4 unspecified atom stereocenters. The summed E-state index contributed by atoms with van der Waals surface area (Å²) < 4.78 is 32.9. The maximum Gasteiger partial charge on any atom is 0.200 e. The van der Waals surface area contributed by atoms with Crippen molar-refractivity contribution in [1.29, 1.82) is 5.26 Å². The molecule has 2 heterocycles. The number of hydrogen-bond acceptors (Lipinski definition) is 5. The fourth-order valence-corrected chi connectivity index (χ4v) is 3.75. The molecule has 132 valence electrons. The number of nitriles is 1. The van der Waals surface area contributed by atoms with Crippen molar-refractivity contribution < 1.29 is 13.5 Å². The van der Waals surface area contributed by atoms with Gasteiger partial charge in [-0.05, 0) is 23.3 Å². The fraction of sp³-hybridized carbons (Fsp3) is 0.211. The Morgan fingerprint density at radius 3 is 2.46 bits per heavy atom. The summed E-state index contributed by atoms with van der Waals surface area (Å²) in [6.07, 6.45) is -0.504. The van der Waals surface area contributed by atoms with Crippen molar-refractivity contribution in [2.24, 2.45) is 11.7 Å². The van der Waals surface area contributed by atoms with Crippen LogP contribution < -0.4 is 16.6 Å². The first-order valence-electron chi connectivity index (χ1n) is 8.17. The highest BCUT2D eigenvalue weighted by Gasteiger charge is 2.49. The van der Waals surface area contributed by atoms with Gasteiger partial charge in [0, 0.05) is 11.8 Å². The summed E-state index contributed by atoms with van der Waals surface area (Å²) in [4.78, 5) is 0. The lowest BCUT2D eigenvalue weighted by Gasteiger charge is -2.36. The zero-order chi connectivity index (χ0) is 18.3. The molecular formula is C19H16F2N4O. The van der Waals surface area contributed by atoms with Crippen LogP contribution in [0.25, 0.3) is 0 Å². The molecular weight excluding hydrogens is 338 g/mol. The van der Waals surface area contributed by atoms with Gasteiger partial charge in [-0.2, -0.15) is 5.26 Å². The molecule has 2 aromatic carbocycles. The average molecular weight is 354 g/mol. The van der Waals surface area contributed by atoms with E-state index >= 15 is 0 Å². The van der Waals surface area contributed by atoms with Gasteiger partial charge in [-0.1, -0.05) is 36.4 Å². The number of benzene rings is 2. The molecule has 4 atom stereocenters. The van der Waals surface area contributed by atoms with E-state index < -0.39 is 23.8 Å². The van der Waals surface area contributed by atoms with Gasteiger partial charge in [-0.25, -0.2) is 19.6 Å². The Kier molecular flexibility index (Phi) is 4.07. The fourth-order valence-electron chi connectivity index (χ4n) is 3.75. The quantitative estimate of drug-likeness (QED) is 0.772. The van der Waals surface area contributed by atoms with E-state index in [1.54, 1.807) is 0 Å². The van der Waals surface area contributed by atoms with E-state index in [1.807, 2.05) is 30.3 Å². The molecule has 26 heavy (non-hydrogen) atoms. The first kappa shape index (κ1) is 16.5. The van der Waals surface area contributed by atoms with E-state index in [2.05, 4.69) is 16.9 Å². The lowest BCUT2D eigenvalue weighted by Crippen LogP contribution is -2.41. The Morgan fingerprint density at radius 2 is 1.77 bits per heavy atom. The van der Waals surface area contributed by atoms with E-state index in [0.29, 0.717) is 5.56 Å². The van der Waals surface area contributed by atoms with Gasteiger partial charge < -0.3 is 10.5 Å². The highest BCUT2D eigenvalue weighted by atomic mass is 19.2. The number of nitrogens with one attached hydrogen (secondary N) is 2. The van der Waals surface area contributed by atoms with Crippen molar-refractivity contribution in [1.82, 2.24) is 10.9 Å². The number of allylic oxidation sites excluding steroid dienone is 1. The number of hydrogen-bond donors (Lipinski definition) is 3. The molecule has 7 heteroatoms. The van der Waals surface area contributed by atoms with E-state index in [1.165, 1.54) is 6.07 Å². The molecule has 0 saturated carbocycles. The third-order valence-electron chi connectivity index (χ3n) is 4.91. The van der Waals surface area contributed by atoms with Crippen molar-refractivity contribution in [3.05, 3.63) is 82.7 Å². The van der Waals surface area contributed by atoms with Gasteiger partial charge in [0.2, 0.25) is 5.88 Å². The van der Waals surface area contributed by atoms with Gasteiger partial charge in [-0.3, -0.25) is 0 Å². The minimum atomic E-state index is -0.962. The average Bonchev–Trinajstić information content (AvgIpc) is 3.07. The zero-order valence-electron chi connectivity index (χ0n) is 13.6. The van der Waals surface area contributed by atoms with Crippen LogP contribution in [0.15, 0.2) is 60.0 Å².